The molecule has 0 bridgehead atoms. The van der Waals surface area contributed by atoms with Gasteiger partial charge in [0.15, 0.2) is 0 Å². The van der Waals surface area contributed by atoms with Crippen LogP contribution in [0.25, 0.3) is 0 Å². The number of rotatable bonds is 2. The SMILES string of the molecule is CNC(C)C1=CC(C)C(C#N)N(C)C=N1. The first-order chi connectivity index (χ1) is 7.10. The van der Waals surface area contributed by atoms with Crippen molar-refractivity contribution in [1.29, 1.82) is 5.26 Å². The maximum absolute atomic E-state index is 9.04. The van der Waals surface area contributed by atoms with Crippen LogP contribution in [0.15, 0.2) is 16.8 Å². The molecule has 0 aromatic carbocycles. The highest BCUT2D eigenvalue weighted by atomic mass is 15.2. The topological polar surface area (TPSA) is 51.4 Å². The van der Waals surface area contributed by atoms with Crippen molar-refractivity contribution in [1.82, 2.24) is 10.2 Å². The van der Waals surface area contributed by atoms with Crippen molar-refractivity contribution >= 4 is 6.34 Å². The molecule has 0 aliphatic carbocycles. The average molecular weight is 206 g/mol. The maximum atomic E-state index is 9.04. The zero-order valence-corrected chi connectivity index (χ0v) is 9.73. The summed E-state index contributed by atoms with van der Waals surface area (Å²) in [5.41, 5.74) is 0.995. The Morgan fingerprint density at radius 2 is 2.33 bits per heavy atom. The third-order valence-electron chi connectivity index (χ3n) is 2.77. The molecule has 0 aromatic rings. The second-order valence-corrected chi connectivity index (χ2v) is 3.94. The molecule has 82 valence electrons. The molecule has 4 nitrogen and oxygen atoms in total. The summed E-state index contributed by atoms with van der Waals surface area (Å²) < 4.78 is 0. The molecule has 1 aliphatic heterocycles. The number of likely N-dealkylation sites (N-methyl/N-ethyl adjacent to an activating group) is 1. The quantitative estimate of drug-likeness (QED) is 0.732. The lowest BCUT2D eigenvalue weighted by molar-refractivity contribution is 0.384. The van der Waals surface area contributed by atoms with E-state index in [1.165, 1.54) is 0 Å². The van der Waals surface area contributed by atoms with Crippen molar-refractivity contribution in [2.75, 3.05) is 14.1 Å². The van der Waals surface area contributed by atoms with E-state index < -0.39 is 0 Å². The fourth-order valence-electron chi connectivity index (χ4n) is 1.62. The van der Waals surface area contributed by atoms with Gasteiger partial charge in [-0.25, -0.2) is 4.99 Å². The van der Waals surface area contributed by atoms with Crippen LogP contribution in [-0.4, -0.2) is 37.4 Å². The fourth-order valence-corrected chi connectivity index (χ4v) is 1.62. The molecule has 0 saturated carbocycles. The second kappa shape index (κ2) is 4.94. The predicted molar refractivity (Wildman–Crippen MR) is 61.4 cm³/mol. The molecule has 1 heterocycles. The Hall–Kier alpha value is -1.34. The van der Waals surface area contributed by atoms with Gasteiger partial charge in [0.05, 0.1) is 18.1 Å². The summed E-state index contributed by atoms with van der Waals surface area (Å²) in [4.78, 5) is 6.23. The highest BCUT2D eigenvalue weighted by Gasteiger charge is 2.22. The van der Waals surface area contributed by atoms with E-state index in [4.69, 9.17) is 5.26 Å². The van der Waals surface area contributed by atoms with Crippen LogP contribution < -0.4 is 5.32 Å². The number of nitrogens with one attached hydrogen (secondary N) is 1. The van der Waals surface area contributed by atoms with Gasteiger partial charge in [0.1, 0.15) is 6.04 Å². The van der Waals surface area contributed by atoms with E-state index in [1.54, 1.807) is 6.34 Å². The lowest BCUT2D eigenvalue weighted by Gasteiger charge is -2.21. The van der Waals surface area contributed by atoms with Gasteiger partial charge >= 0.3 is 0 Å². The minimum absolute atomic E-state index is 0.129. The van der Waals surface area contributed by atoms with Gasteiger partial charge in [-0.3, -0.25) is 0 Å². The summed E-state index contributed by atoms with van der Waals surface area (Å²) in [5, 5.41) is 12.2. The third-order valence-corrected chi connectivity index (χ3v) is 2.77. The van der Waals surface area contributed by atoms with E-state index in [0.717, 1.165) is 5.70 Å². The number of aliphatic imine (C=N–C) groups is 1. The van der Waals surface area contributed by atoms with Crippen molar-refractivity contribution in [3.63, 3.8) is 0 Å². The Labute approximate surface area is 91.3 Å². The molecule has 1 N–H and O–H groups in total. The minimum atomic E-state index is -0.129. The Morgan fingerprint density at radius 1 is 1.67 bits per heavy atom. The highest BCUT2D eigenvalue weighted by Crippen LogP contribution is 2.18. The van der Waals surface area contributed by atoms with Crippen molar-refractivity contribution in [2.24, 2.45) is 10.9 Å². The number of nitrogens with zero attached hydrogens (tertiary/aromatic N) is 3. The van der Waals surface area contributed by atoms with Crippen molar-refractivity contribution in [2.45, 2.75) is 25.9 Å². The van der Waals surface area contributed by atoms with Crippen LogP contribution in [0.5, 0.6) is 0 Å². The van der Waals surface area contributed by atoms with Gasteiger partial charge in [-0.15, -0.1) is 0 Å². The Morgan fingerprint density at radius 3 is 2.87 bits per heavy atom. The summed E-state index contributed by atoms with van der Waals surface area (Å²) in [5.74, 6) is 0.188. The third kappa shape index (κ3) is 2.57. The van der Waals surface area contributed by atoms with Gasteiger partial charge in [0, 0.05) is 19.0 Å². The summed E-state index contributed by atoms with van der Waals surface area (Å²) in [6.45, 7) is 4.10. The van der Waals surface area contributed by atoms with E-state index in [9.17, 15) is 0 Å². The van der Waals surface area contributed by atoms with E-state index >= 15 is 0 Å². The molecule has 15 heavy (non-hydrogen) atoms. The monoisotopic (exact) mass is 206 g/mol. The molecular weight excluding hydrogens is 188 g/mol. The molecule has 3 atom stereocenters. The normalized spacial score (nSPS) is 27.9. The van der Waals surface area contributed by atoms with Gasteiger partial charge in [0.2, 0.25) is 0 Å². The van der Waals surface area contributed by atoms with Gasteiger partial charge < -0.3 is 10.2 Å². The summed E-state index contributed by atoms with van der Waals surface area (Å²) in [6.07, 6.45) is 3.80. The first kappa shape index (κ1) is 11.7. The van der Waals surface area contributed by atoms with E-state index in [1.807, 2.05) is 25.9 Å². The smallest absolute Gasteiger partial charge is 0.123 e. The van der Waals surface area contributed by atoms with E-state index in [2.05, 4.69) is 29.4 Å². The lowest BCUT2D eigenvalue weighted by atomic mass is 10.0. The summed E-state index contributed by atoms with van der Waals surface area (Å²) in [7, 11) is 3.79. The number of hydrogen-bond donors (Lipinski definition) is 1. The molecule has 0 saturated heterocycles. The molecule has 1 aliphatic rings. The Balaban J connectivity index is 2.94. The molecule has 3 unspecified atom stereocenters. The molecular formula is C11H18N4. The van der Waals surface area contributed by atoms with Crippen LogP contribution in [0.3, 0.4) is 0 Å². The van der Waals surface area contributed by atoms with Crippen LogP contribution in [-0.2, 0) is 0 Å². The zero-order chi connectivity index (χ0) is 11.4. The standard InChI is InChI=1S/C11H18N4/c1-8-5-10(9(2)13-3)14-7-15(4)11(8)6-12/h5,7-9,11,13H,1-4H3. The van der Waals surface area contributed by atoms with Crippen molar-refractivity contribution < 1.29 is 0 Å². The molecule has 1 rings (SSSR count). The molecule has 4 heteroatoms. The summed E-state index contributed by atoms with van der Waals surface area (Å²) in [6, 6.07) is 2.38. The Kier molecular flexibility index (Phi) is 3.87. The van der Waals surface area contributed by atoms with Gasteiger partial charge in [0.25, 0.3) is 0 Å². The van der Waals surface area contributed by atoms with Crippen LogP contribution in [0.4, 0.5) is 0 Å². The number of hydrogen-bond acceptors (Lipinski definition) is 4. The number of nitriles is 1. The zero-order valence-electron chi connectivity index (χ0n) is 9.73. The average Bonchev–Trinajstić information content (AvgIpc) is 2.36. The second-order valence-electron chi connectivity index (χ2n) is 3.94. The van der Waals surface area contributed by atoms with Crippen LogP contribution >= 0.6 is 0 Å². The first-order valence-corrected chi connectivity index (χ1v) is 5.15. The molecule has 0 fully saturated rings. The molecule has 0 spiro atoms. The van der Waals surface area contributed by atoms with Crippen LogP contribution in [0.1, 0.15) is 13.8 Å². The molecule has 0 radical (unpaired) electrons. The Bertz CT molecular complexity index is 313. The molecule has 0 amide bonds. The van der Waals surface area contributed by atoms with E-state index in [-0.39, 0.29) is 18.0 Å². The maximum Gasteiger partial charge on any atom is 0.123 e. The van der Waals surface area contributed by atoms with Gasteiger partial charge in [-0.05, 0) is 14.0 Å². The fraction of sp³-hybridized carbons (Fsp3) is 0.636. The molecule has 0 aromatic heterocycles. The van der Waals surface area contributed by atoms with E-state index in [0.29, 0.717) is 0 Å². The largest absolute Gasteiger partial charge is 0.349 e. The van der Waals surface area contributed by atoms with Crippen LogP contribution in [0.2, 0.25) is 0 Å². The lowest BCUT2D eigenvalue weighted by Crippen LogP contribution is -2.33. The summed E-state index contributed by atoms with van der Waals surface area (Å²) >= 11 is 0. The first-order valence-electron chi connectivity index (χ1n) is 5.15. The van der Waals surface area contributed by atoms with Gasteiger partial charge in [-0.2, -0.15) is 5.26 Å². The van der Waals surface area contributed by atoms with Gasteiger partial charge in [-0.1, -0.05) is 13.0 Å². The predicted octanol–water partition coefficient (Wildman–Crippen LogP) is 0.980. The van der Waals surface area contributed by atoms with Crippen molar-refractivity contribution in [3.8, 4) is 6.07 Å². The van der Waals surface area contributed by atoms with Crippen LogP contribution in [0, 0.1) is 17.2 Å². The van der Waals surface area contributed by atoms with Crippen molar-refractivity contribution in [3.05, 3.63) is 11.8 Å². The minimum Gasteiger partial charge on any atom is -0.349 e. The highest BCUT2D eigenvalue weighted by molar-refractivity contribution is 5.59.